The SMILES string of the molecule is CC(C)[C@H](NC(=O)[C@]12CCC(C)(C)C[C@@H]1C1=CC[C@@H]3[C@@]4(C)CC[C@H](O)C(C)(C)[C@@H]4CC[C@@]3(C)[C@]1(C)CC2)C(=O)O. The number of hydrogen-bond donors (Lipinski definition) is 3. The molecule has 5 nitrogen and oxygen atoms in total. The third kappa shape index (κ3) is 4.02. The van der Waals surface area contributed by atoms with Gasteiger partial charge in [-0.25, -0.2) is 4.79 Å². The van der Waals surface area contributed by atoms with E-state index in [0.717, 1.165) is 57.8 Å². The van der Waals surface area contributed by atoms with E-state index in [1.807, 2.05) is 13.8 Å². The van der Waals surface area contributed by atoms with Gasteiger partial charge in [-0.15, -0.1) is 0 Å². The van der Waals surface area contributed by atoms with Gasteiger partial charge in [0.1, 0.15) is 6.04 Å². The number of carboxylic acid groups (broad SMARTS) is 1. The highest BCUT2D eigenvalue weighted by atomic mass is 16.4. The third-order valence-electron chi connectivity index (χ3n) is 14.3. The van der Waals surface area contributed by atoms with E-state index >= 15 is 0 Å². The summed E-state index contributed by atoms with van der Waals surface area (Å²) in [5.74, 6) is 0.118. The van der Waals surface area contributed by atoms with Gasteiger partial charge < -0.3 is 15.5 Å². The number of fused-ring (bicyclic) bond motifs is 7. The molecule has 5 heteroatoms. The number of aliphatic carboxylic acids is 1. The Morgan fingerprint density at radius 1 is 0.900 bits per heavy atom. The van der Waals surface area contributed by atoms with E-state index in [-0.39, 0.29) is 50.9 Å². The molecular formula is C35H57NO4. The smallest absolute Gasteiger partial charge is 0.326 e. The molecule has 0 heterocycles. The second kappa shape index (κ2) is 9.32. The number of allylic oxidation sites excluding steroid dienone is 2. The van der Waals surface area contributed by atoms with Crippen LogP contribution in [0.1, 0.15) is 127 Å². The maximum Gasteiger partial charge on any atom is 0.326 e. The van der Waals surface area contributed by atoms with E-state index in [0.29, 0.717) is 11.8 Å². The number of rotatable bonds is 4. The average Bonchev–Trinajstić information content (AvgIpc) is 2.84. The van der Waals surface area contributed by atoms with Crippen LogP contribution < -0.4 is 5.32 Å². The maximum absolute atomic E-state index is 14.2. The summed E-state index contributed by atoms with van der Waals surface area (Å²) in [6.45, 7) is 20.7. The minimum absolute atomic E-state index is 0.0240. The summed E-state index contributed by atoms with van der Waals surface area (Å²) in [5, 5.41) is 23.9. The van der Waals surface area contributed by atoms with Crippen molar-refractivity contribution in [1.82, 2.24) is 5.32 Å². The summed E-state index contributed by atoms with van der Waals surface area (Å²) in [6, 6.07) is -0.853. The number of nitrogens with one attached hydrogen (secondary N) is 1. The Morgan fingerprint density at radius 2 is 1.55 bits per heavy atom. The van der Waals surface area contributed by atoms with Gasteiger partial charge in [-0.2, -0.15) is 0 Å². The molecular weight excluding hydrogens is 498 g/mol. The molecule has 0 bridgehead atoms. The zero-order valence-corrected chi connectivity index (χ0v) is 26.8. The summed E-state index contributed by atoms with van der Waals surface area (Å²) >= 11 is 0. The molecule has 0 aromatic rings. The molecule has 0 aliphatic heterocycles. The third-order valence-corrected chi connectivity index (χ3v) is 14.3. The van der Waals surface area contributed by atoms with Crippen LogP contribution in [0.4, 0.5) is 0 Å². The van der Waals surface area contributed by atoms with Crippen LogP contribution >= 0.6 is 0 Å². The number of aliphatic hydroxyl groups excluding tert-OH is 1. The highest BCUT2D eigenvalue weighted by Gasteiger charge is 2.69. The Kier molecular flexibility index (Phi) is 7.01. The number of carbonyl (C=O) groups is 2. The summed E-state index contributed by atoms with van der Waals surface area (Å²) in [5.41, 5.74) is 1.44. The first-order valence-corrected chi connectivity index (χ1v) is 16.3. The Hall–Kier alpha value is -1.36. The van der Waals surface area contributed by atoms with Crippen LogP contribution in [-0.2, 0) is 9.59 Å². The molecule has 0 aromatic carbocycles. The van der Waals surface area contributed by atoms with Crippen LogP contribution in [-0.4, -0.2) is 34.2 Å². The molecule has 4 saturated carbocycles. The lowest BCUT2D eigenvalue weighted by molar-refractivity contribution is -0.203. The van der Waals surface area contributed by atoms with Gasteiger partial charge in [0.25, 0.3) is 0 Å². The van der Waals surface area contributed by atoms with E-state index in [1.165, 1.54) is 12.0 Å². The summed E-state index contributed by atoms with van der Waals surface area (Å²) in [6.07, 6.45) is 12.4. The fraction of sp³-hybridized carbons (Fsp3) is 0.886. The number of carboxylic acids is 1. The molecule has 40 heavy (non-hydrogen) atoms. The molecule has 0 aromatic heterocycles. The van der Waals surface area contributed by atoms with Crippen LogP contribution in [0.2, 0.25) is 0 Å². The van der Waals surface area contributed by atoms with Gasteiger partial charge in [-0.05, 0) is 115 Å². The van der Waals surface area contributed by atoms with Gasteiger partial charge in [0.2, 0.25) is 5.91 Å². The lowest BCUT2D eigenvalue weighted by Gasteiger charge is -2.71. The van der Waals surface area contributed by atoms with Crippen molar-refractivity contribution in [2.75, 3.05) is 0 Å². The van der Waals surface area contributed by atoms with Crippen LogP contribution in [0.25, 0.3) is 0 Å². The highest BCUT2D eigenvalue weighted by molar-refractivity contribution is 5.88. The van der Waals surface area contributed by atoms with Crippen molar-refractivity contribution in [3.63, 3.8) is 0 Å². The number of amides is 1. The lowest BCUT2D eigenvalue weighted by Crippen LogP contribution is -2.66. The van der Waals surface area contributed by atoms with E-state index in [4.69, 9.17) is 0 Å². The summed E-state index contributed by atoms with van der Waals surface area (Å²) in [4.78, 5) is 26.3. The fourth-order valence-electron chi connectivity index (χ4n) is 11.4. The molecule has 5 rings (SSSR count). The van der Waals surface area contributed by atoms with Crippen LogP contribution in [0.5, 0.6) is 0 Å². The Bertz CT molecular complexity index is 1090. The van der Waals surface area contributed by atoms with Gasteiger partial charge >= 0.3 is 5.97 Å². The monoisotopic (exact) mass is 555 g/mol. The second-order valence-corrected chi connectivity index (χ2v) is 17.3. The Balaban J connectivity index is 1.56. The molecule has 0 spiro atoms. The number of aliphatic hydroxyl groups is 1. The first-order chi connectivity index (χ1) is 18.4. The number of hydrogen-bond acceptors (Lipinski definition) is 3. The summed E-state index contributed by atoms with van der Waals surface area (Å²) < 4.78 is 0. The quantitative estimate of drug-likeness (QED) is 0.316. The van der Waals surface area contributed by atoms with Crippen molar-refractivity contribution >= 4 is 11.9 Å². The molecule has 0 saturated heterocycles. The molecule has 0 unspecified atom stereocenters. The Labute approximate surface area is 243 Å². The topological polar surface area (TPSA) is 86.6 Å². The normalized spacial score (nSPS) is 46.1. The fourth-order valence-corrected chi connectivity index (χ4v) is 11.4. The zero-order chi connectivity index (χ0) is 29.7. The van der Waals surface area contributed by atoms with Crippen molar-refractivity contribution in [3.8, 4) is 0 Å². The maximum atomic E-state index is 14.2. The van der Waals surface area contributed by atoms with E-state index < -0.39 is 17.4 Å². The highest BCUT2D eigenvalue weighted by Crippen LogP contribution is 2.75. The van der Waals surface area contributed by atoms with E-state index in [2.05, 4.69) is 59.9 Å². The van der Waals surface area contributed by atoms with Crippen molar-refractivity contribution in [1.29, 1.82) is 0 Å². The van der Waals surface area contributed by atoms with Gasteiger partial charge in [-0.3, -0.25) is 4.79 Å². The molecule has 4 fully saturated rings. The van der Waals surface area contributed by atoms with Gasteiger partial charge in [0, 0.05) is 0 Å². The van der Waals surface area contributed by atoms with Gasteiger partial charge in [-0.1, -0.05) is 74.0 Å². The van der Waals surface area contributed by atoms with Crippen molar-refractivity contribution < 1.29 is 19.8 Å². The lowest BCUT2D eigenvalue weighted by atomic mass is 9.33. The van der Waals surface area contributed by atoms with Crippen LogP contribution in [0.3, 0.4) is 0 Å². The molecule has 5 aliphatic rings. The molecule has 1 amide bonds. The molecule has 5 aliphatic carbocycles. The molecule has 226 valence electrons. The van der Waals surface area contributed by atoms with Crippen molar-refractivity contribution in [3.05, 3.63) is 11.6 Å². The average molecular weight is 556 g/mol. The molecule has 9 atom stereocenters. The van der Waals surface area contributed by atoms with Gasteiger partial charge in [0.15, 0.2) is 0 Å². The van der Waals surface area contributed by atoms with E-state index in [9.17, 15) is 19.8 Å². The summed E-state index contributed by atoms with van der Waals surface area (Å²) in [7, 11) is 0. The first-order valence-electron chi connectivity index (χ1n) is 16.3. The standard InChI is InChI=1S/C35H57NO4/c1-21(2)27(28(38)39)36-29(40)35-18-16-30(3,4)20-23(35)22-10-11-25-32(7)14-13-26(37)31(5,6)24(32)12-15-34(25,9)33(22,8)17-19-35/h10,21,23-27,37H,11-20H2,1-9H3,(H,36,40)(H,38,39)/t23-,24+,25-,26+,27+,32+,33-,34-,35+/m1/s1. The largest absolute Gasteiger partial charge is 0.480 e. The second-order valence-electron chi connectivity index (χ2n) is 17.3. The molecule has 0 radical (unpaired) electrons. The minimum Gasteiger partial charge on any atom is -0.480 e. The van der Waals surface area contributed by atoms with E-state index in [1.54, 1.807) is 0 Å². The Morgan fingerprint density at radius 3 is 2.17 bits per heavy atom. The zero-order valence-electron chi connectivity index (χ0n) is 26.8. The molecule has 3 N–H and O–H groups in total. The predicted molar refractivity (Wildman–Crippen MR) is 159 cm³/mol. The van der Waals surface area contributed by atoms with Crippen molar-refractivity contribution in [2.45, 2.75) is 139 Å². The minimum atomic E-state index is -0.939. The first kappa shape index (κ1) is 30.1. The predicted octanol–water partition coefficient (Wildman–Crippen LogP) is 7.37. The van der Waals surface area contributed by atoms with Crippen LogP contribution in [0.15, 0.2) is 11.6 Å². The van der Waals surface area contributed by atoms with Gasteiger partial charge in [0.05, 0.1) is 11.5 Å². The van der Waals surface area contributed by atoms with Crippen LogP contribution in [0, 0.1) is 56.2 Å². The number of carbonyl (C=O) groups excluding carboxylic acids is 1. The van der Waals surface area contributed by atoms with Crippen molar-refractivity contribution in [2.24, 2.45) is 56.2 Å².